The largest absolute Gasteiger partial charge is 0.456 e. The van der Waals surface area contributed by atoms with E-state index in [2.05, 4.69) is 10.4 Å². The average Bonchev–Trinajstić information content (AvgIpc) is 3.35. The standard InChI is InChI=1S/C23H21N3O4/c1-14-4-7-17(8-5-14)21(28)24-19-11-9-18(10-12-19)23-26(16(3)27)25-22(30-23)20-13-6-15(2)29-20/h4-13,23H,1-3H3,(H,24,28). The molecule has 0 spiro atoms. The van der Waals surface area contributed by atoms with Crippen LogP contribution in [0.5, 0.6) is 0 Å². The minimum Gasteiger partial charge on any atom is -0.456 e. The van der Waals surface area contributed by atoms with Crippen LogP contribution < -0.4 is 5.32 Å². The van der Waals surface area contributed by atoms with Crippen molar-refractivity contribution in [3.8, 4) is 0 Å². The molecular formula is C23H21N3O4. The zero-order chi connectivity index (χ0) is 21.3. The van der Waals surface area contributed by atoms with Gasteiger partial charge in [0.25, 0.3) is 11.8 Å². The predicted octanol–water partition coefficient (Wildman–Crippen LogP) is 4.39. The molecule has 152 valence electrons. The van der Waals surface area contributed by atoms with Crippen LogP contribution in [0.25, 0.3) is 0 Å². The first-order valence-corrected chi connectivity index (χ1v) is 9.50. The Morgan fingerprint density at radius 1 is 0.967 bits per heavy atom. The number of nitrogens with zero attached hydrogens (tertiary/aromatic N) is 2. The van der Waals surface area contributed by atoms with E-state index in [4.69, 9.17) is 9.15 Å². The molecule has 2 heterocycles. The third kappa shape index (κ3) is 3.96. The van der Waals surface area contributed by atoms with Gasteiger partial charge in [-0.1, -0.05) is 29.8 Å². The van der Waals surface area contributed by atoms with E-state index in [0.717, 1.165) is 16.9 Å². The second kappa shape index (κ2) is 7.87. The van der Waals surface area contributed by atoms with Crippen molar-refractivity contribution in [3.63, 3.8) is 0 Å². The lowest BCUT2D eigenvalue weighted by molar-refractivity contribution is -0.135. The molecule has 0 bridgehead atoms. The molecule has 1 aromatic heterocycles. The van der Waals surface area contributed by atoms with Gasteiger partial charge in [-0.2, -0.15) is 5.01 Å². The molecule has 0 fully saturated rings. The highest BCUT2D eigenvalue weighted by atomic mass is 16.5. The Morgan fingerprint density at radius 2 is 1.67 bits per heavy atom. The summed E-state index contributed by atoms with van der Waals surface area (Å²) in [5, 5.41) is 8.40. The summed E-state index contributed by atoms with van der Waals surface area (Å²) in [4.78, 5) is 24.4. The highest BCUT2D eigenvalue weighted by Gasteiger charge is 2.34. The van der Waals surface area contributed by atoms with Gasteiger partial charge in [-0.05, 0) is 50.2 Å². The van der Waals surface area contributed by atoms with Gasteiger partial charge >= 0.3 is 0 Å². The average molecular weight is 403 g/mol. The molecule has 0 saturated carbocycles. The number of benzene rings is 2. The number of furan rings is 1. The van der Waals surface area contributed by atoms with Crippen molar-refractivity contribution >= 4 is 23.4 Å². The summed E-state index contributed by atoms with van der Waals surface area (Å²) < 4.78 is 11.4. The minimum atomic E-state index is -0.704. The highest BCUT2D eigenvalue weighted by Crippen LogP contribution is 2.31. The minimum absolute atomic E-state index is 0.191. The number of carbonyl (C=O) groups is 2. The summed E-state index contributed by atoms with van der Waals surface area (Å²) >= 11 is 0. The van der Waals surface area contributed by atoms with Crippen molar-refractivity contribution in [3.05, 3.63) is 88.9 Å². The third-order valence-corrected chi connectivity index (χ3v) is 4.69. The Morgan fingerprint density at radius 3 is 2.27 bits per heavy atom. The maximum absolute atomic E-state index is 12.4. The summed E-state index contributed by atoms with van der Waals surface area (Å²) in [6.07, 6.45) is -0.704. The van der Waals surface area contributed by atoms with Crippen LogP contribution >= 0.6 is 0 Å². The van der Waals surface area contributed by atoms with E-state index >= 15 is 0 Å². The fraction of sp³-hybridized carbons (Fsp3) is 0.174. The summed E-state index contributed by atoms with van der Waals surface area (Å²) in [7, 11) is 0. The Labute approximate surface area is 174 Å². The second-order valence-electron chi connectivity index (χ2n) is 7.09. The van der Waals surface area contributed by atoms with Gasteiger partial charge in [0.1, 0.15) is 5.76 Å². The fourth-order valence-corrected chi connectivity index (χ4v) is 3.07. The SMILES string of the molecule is CC(=O)N1N=C(c2ccc(C)o2)OC1c1ccc(NC(=O)c2ccc(C)cc2)cc1. The smallest absolute Gasteiger partial charge is 0.277 e. The Balaban J connectivity index is 1.49. The van der Waals surface area contributed by atoms with Crippen LogP contribution in [0.4, 0.5) is 5.69 Å². The van der Waals surface area contributed by atoms with Crippen LogP contribution in [0.3, 0.4) is 0 Å². The number of hydrogen-bond donors (Lipinski definition) is 1. The molecular weight excluding hydrogens is 382 g/mol. The molecule has 7 heteroatoms. The topological polar surface area (TPSA) is 84.1 Å². The summed E-state index contributed by atoms with van der Waals surface area (Å²) in [5.41, 5.74) is 3.03. The van der Waals surface area contributed by atoms with Crippen LogP contribution in [0.1, 0.15) is 46.2 Å². The van der Waals surface area contributed by atoms with Crippen LogP contribution in [0, 0.1) is 13.8 Å². The van der Waals surface area contributed by atoms with E-state index in [1.54, 1.807) is 48.5 Å². The highest BCUT2D eigenvalue weighted by molar-refractivity contribution is 6.04. The fourth-order valence-electron chi connectivity index (χ4n) is 3.07. The molecule has 1 atom stereocenters. The van der Waals surface area contributed by atoms with Gasteiger partial charge in [-0.3, -0.25) is 9.59 Å². The molecule has 2 amide bonds. The Bertz CT molecular complexity index is 1110. The molecule has 0 saturated heterocycles. The monoisotopic (exact) mass is 403 g/mol. The summed E-state index contributed by atoms with van der Waals surface area (Å²) in [6.45, 7) is 5.22. The molecule has 1 unspecified atom stereocenters. The van der Waals surface area contributed by atoms with E-state index < -0.39 is 6.23 Å². The van der Waals surface area contributed by atoms with Crippen molar-refractivity contribution in [1.29, 1.82) is 0 Å². The summed E-state index contributed by atoms with van der Waals surface area (Å²) in [6, 6.07) is 18.0. The van der Waals surface area contributed by atoms with Crippen LogP contribution in [0.15, 0.2) is 70.2 Å². The van der Waals surface area contributed by atoms with Gasteiger partial charge in [-0.25, -0.2) is 0 Å². The number of nitrogens with one attached hydrogen (secondary N) is 1. The van der Waals surface area contributed by atoms with Crippen molar-refractivity contribution in [1.82, 2.24) is 5.01 Å². The molecule has 0 aliphatic carbocycles. The van der Waals surface area contributed by atoms with Crippen molar-refractivity contribution in [2.75, 3.05) is 5.32 Å². The van der Waals surface area contributed by atoms with Crippen molar-refractivity contribution < 1.29 is 18.7 Å². The lowest BCUT2D eigenvalue weighted by Gasteiger charge is -2.19. The van der Waals surface area contributed by atoms with Crippen molar-refractivity contribution in [2.45, 2.75) is 27.0 Å². The van der Waals surface area contributed by atoms with E-state index in [9.17, 15) is 9.59 Å². The van der Waals surface area contributed by atoms with E-state index in [1.807, 2.05) is 26.0 Å². The first-order valence-electron chi connectivity index (χ1n) is 9.50. The number of carbonyl (C=O) groups excluding carboxylic acids is 2. The lowest BCUT2D eigenvalue weighted by Crippen LogP contribution is -2.25. The number of anilines is 1. The Kier molecular flexibility index (Phi) is 5.10. The van der Waals surface area contributed by atoms with Gasteiger partial charge in [0.2, 0.25) is 12.1 Å². The van der Waals surface area contributed by atoms with E-state index in [1.165, 1.54) is 11.9 Å². The van der Waals surface area contributed by atoms with Gasteiger partial charge in [0.05, 0.1) is 0 Å². The molecule has 1 N–H and O–H groups in total. The maximum Gasteiger partial charge on any atom is 0.277 e. The van der Waals surface area contributed by atoms with E-state index in [-0.39, 0.29) is 17.7 Å². The molecule has 7 nitrogen and oxygen atoms in total. The molecule has 1 aliphatic rings. The quantitative estimate of drug-likeness (QED) is 0.700. The molecule has 2 aromatic carbocycles. The number of hydrazone groups is 1. The zero-order valence-electron chi connectivity index (χ0n) is 16.9. The predicted molar refractivity (Wildman–Crippen MR) is 112 cm³/mol. The number of amides is 2. The Hall–Kier alpha value is -3.87. The van der Waals surface area contributed by atoms with E-state index in [0.29, 0.717) is 17.0 Å². The lowest BCUT2D eigenvalue weighted by atomic mass is 10.1. The summed E-state index contributed by atoms with van der Waals surface area (Å²) in [5.74, 6) is 0.991. The first-order chi connectivity index (χ1) is 14.4. The molecule has 1 aliphatic heterocycles. The van der Waals surface area contributed by atoms with Crippen molar-refractivity contribution in [2.24, 2.45) is 5.10 Å². The maximum atomic E-state index is 12.4. The van der Waals surface area contributed by atoms with Gasteiger partial charge in [0, 0.05) is 23.7 Å². The van der Waals surface area contributed by atoms with Gasteiger partial charge in [-0.15, -0.1) is 5.10 Å². The number of hydrogen-bond acceptors (Lipinski definition) is 5. The second-order valence-corrected chi connectivity index (χ2v) is 7.09. The third-order valence-electron chi connectivity index (χ3n) is 4.69. The molecule has 3 aromatic rings. The van der Waals surface area contributed by atoms with Gasteiger partial charge in [0.15, 0.2) is 5.76 Å². The van der Waals surface area contributed by atoms with Crippen LogP contribution in [-0.2, 0) is 9.53 Å². The normalized spacial score (nSPS) is 15.5. The molecule has 4 rings (SSSR count). The van der Waals surface area contributed by atoms with Crippen LogP contribution in [-0.4, -0.2) is 22.7 Å². The molecule has 30 heavy (non-hydrogen) atoms. The zero-order valence-corrected chi connectivity index (χ0v) is 16.9. The number of rotatable bonds is 4. The first kappa shape index (κ1) is 19.4. The molecule has 0 radical (unpaired) electrons. The number of ether oxygens (including phenoxy) is 1. The van der Waals surface area contributed by atoms with Gasteiger partial charge < -0.3 is 14.5 Å². The number of aryl methyl sites for hydroxylation is 2. The van der Waals surface area contributed by atoms with Crippen LogP contribution in [0.2, 0.25) is 0 Å².